The van der Waals surface area contributed by atoms with Gasteiger partial charge in [-0.15, -0.1) is 0 Å². The van der Waals surface area contributed by atoms with Crippen molar-refractivity contribution in [1.29, 1.82) is 0 Å². The molecule has 0 amide bonds. The van der Waals surface area contributed by atoms with E-state index in [0.717, 1.165) is 5.76 Å². The average Bonchev–Trinajstić information content (AvgIpc) is 2.88. The molecular formula is C16H20N2O3. The molecule has 0 aliphatic heterocycles. The van der Waals surface area contributed by atoms with Crippen LogP contribution in [0.4, 0.5) is 0 Å². The van der Waals surface area contributed by atoms with Crippen LogP contribution in [0.25, 0.3) is 0 Å². The van der Waals surface area contributed by atoms with E-state index in [9.17, 15) is 9.90 Å². The number of rotatable bonds is 5. The summed E-state index contributed by atoms with van der Waals surface area (Å²) in [6.07, 6.45) is 1.69. The highest BCUT2D eigenvalue weighted by Crippen LogP contribution is 2.23. The van der Waals surface area contributed by atoms with Crippen LogP contribution in [0.1, 0.15) is 44.0 Å². The van der Waals surface area contributed by atoms with Crippen LogP contribution < -0.4 is 5.32 Å². The van der Waals surface area contributed by atoms with Gasteiger partial charge in [0.25, 0.3) is 0 Å². The topological polar surface area (TPSA) is 75.4 Å². The second kappa shape index (κ2) is 6.10. The van der Waals surface area contributed by atoms with Crippen LogP contribution in [0.5, 0.6) is 0 Å². The van der Waals surface area contributed by atoms with Gasteiger partial charge in [0.15, 0.2) is 0 Å². The molecule has 5 heteroatoms. The molecule has 0 aliphatic carbocycles. The Kier molecular flexibility index (Phi) is 4.43. The van der Waals surface area contributed by atoms with E-state index >= 15 is 0 Å². The first-order valence-corrected chi connectivity index (χ1v) is 6.84. The predicted molar refractivity (Wildman–Crippen MR) is 78.9 cm³/mol. The van der Waals surface area contributed by atoms with Crippen molar-refractivity contribution in [2.24, 2.45) is 0 Å². The predicted octanol–water partition coefficient (Wildman–Crippen LogP) is 2.89. The maximum Gasteiger partial charge on any atom is 0.325 e. The van der Waals surface area contributed by atoms with E-state index in [1.807, 2.05) is 39.0 Å². The Morgan fingerprint density at radius 1 is 1.33 bits per heavy atom. The zero-order chi connectivity index (χ0) is 15.5. The summed E-state index contributed by atoms with van der Waals surface area (Å²) in [5.41, 5.74) is 0.587. The molecule has 1 aromatic heterocycles. The zero-order valence-corrected chi connectivity index (χ0v) is 12.5. The maximum atomic E-state index is 11.4. The van der Waals surface area contributed by atoms with Crippen LogP contribution in [-0.4, -0.2) is 16.1 Å². The summed E-state index contributed by atoms with van der Waals surface area (Å²) >= 11 is 0. The number of hydrogen-bond donors (Lipinski definition) is 2. The van der Waals surface area contributed by atoms with Crippen LogP contribution in [0.3, 0.4) is 0 Å². The Hall–Kier alpha value is -2.14. The summed E-state index contributed by atoms with van der Waals surface area (Å²) in [5, 5.41) is 12.3. The molecule has 0 aliphatic rings. The van der Waals surface area contributed by atoms with Crippen molar-refractivity contribution >= 4 is 5.97 Å². The Morgan fingerprint density at radius 2 is 2.00 bits per heavy atom. The molecular weight excluding hydrogens is 268 g/mol. The van der Waals surface area contributed by atoms with E-state index in [1.165, 1.54) is 0 Å². The van der Waals surface area contributed by atoms with Crippen LogP contribution in [0.2, 0.25) is 0 Å². The smallest absolute Gasteiger partial charge is 0.325 e. The molecule has 2 rings (SSSR count). The van der Waals surface area contributed by atoms with Crippen LogP contribution in [0, 0.1) is 0 Å². The summed E-state index contributed by atoms with van der Waals surface area (Å²) in [5.74, 6) is 0.344. The molecule has 2 N–H and O–H groups in total. The van der Waals surface area contributed by atoms with E-state index in [4.69, 9.17) is 4.42 Å². The van der Waals surface area contributed by atoms with Crippen LogP contribution in [-0.2, 0) is 16.8 Å². The first-order chi connectivity index (χ1) is 9.88. The molecule has 2 aromatic rings. The Labute approximate surface area is 124 Å². The van der Waals surface area contributed by atoms with Crippen molar-refractivity contribution < 1.29 is 14.3 Å². The zero-order valence-electron chi connectivity index (χ0n) is 12.5. The van der Waals surface area contributed by atoms with Gasteiger partial charge in [-0.1, -0.05) is 51.1 Å². The summed E-state index contributed by atoms with van der Waals surface area (Å²) in [7, 11) is 0. The Balaban J connectivity index is 2.06. The molecule has 0 fully saturated rings. The number of oxazole rings is 1. The minimum Gasteiger partial charge on any atom is -0.480 e. The molecule has 1 heterocycles. The molecule has 0 saturated heterocycles. The standard InChI is InChI=1S/C16H20N2O3/c1-16(2,3)12-9-17-13(21-12)10-18-14(15(19)20)11-7-5-4-6-8-11/h4-9,14,18H,10H2,1-3H3,(H,19,20). The average molecular weight is 288 g/mol. The van der Waals surface area contributed by atoms with E-state index < -0.39 is 12.0 Å². The highest BCUT2D eigenvalue weighted by molar-refractivity contribution is 5.75. The first-order valence-electron chi connectivity index (χ1n) is 6.84. The molecule has 21 heavy (non-hydrogen) atoms. The monoisotopic (exact) mass is 288 g/mol. The lowest BCUT2D eigenvalue weighted by Gasteiger charge is -2.14. The highest BCUT2D eigenvalue weighted by atomic mass is 16.4. The third-order valence-corrected chi connectivity index (χ3v) is 3.13. The number of nitrogens with one attached hydrogen (secondary N) is 1. The molecule has 1 aromatic carbocycles. The lowest BCUT2D eigenvalue weighted by Crippen LogP contribution is -2.28. The van der Waals surface area contributed by atoms with Gasteiger partial charge in [0.2, 0.25) is 5.89 Å². The number of carboxylic acids is 1. The minimum atomic E-state index is -0.927. The number of benzene rings is 1. The van der Waals surface area contributed by atoms with Crippen LogP contribution >= 0.6 is 0 Å². The number of carboxylic acid groups (broad SMARTS) is 1. The van der Waals surface area contributed by atoms with Gasteiger partial charge in [0, 0.05) is 5.41 Å². The van der Waals surface area contributed by atoms with Gasteiger partial charge >= 0.3 is 5.97 Å². The summed E-state index contributed by atoms with van der Waals surface area (Å²) in [6.45, 7) is 6.38. The van der Waals surface area contributed by atoms with Gasteiger partial charge in [-0.25, -0.2) is 4.98 Å². The molecule has 5 nitrogen and oxygen atoms in total. The van der Waals surface area contributed by atoms with Crippen molar-refractivity contribution in [3.05, 3.63) is 53.7 Å². The SMILES string of the molecule is CC(C)(C)c1cnc(CNC(C(=O)O)c2ccccc2)o1. The van der Waals surface area contributed by atoms with E-state index in [1.54, 1.807) is 18.3 Å². The lowest BCUT2D eigenvalue weighted by molar-refractivity contribution is -0.139. The summed E-state index contributed by atoms with van der Waals surface area (Å²) in [6, 6.07) is 8.26. The first kappa shape index (κ1) is 15.3. The molecule has 0 bridgehead atoms. The molecule has 1 unspecified atom stereocenters. The molecule has 1 atom stereocenters. The third kappa shape index (κ3) is 3.92. The number of aromatic nitrogens is 1. The van der Waals surface area contributed by atoms with Crippen molar-refractivity contribution in [3.8, 4) is 0 Å². The third-order valence-electron chi connectivity index (χ3n) is 3.13. The van der Waals surface area contributed by atoms with Gasteiger partial charge in [-0.2, -0.15) is 0 Å². The van der Waals surface area contributed by atoms with Gasteiger partial charge in [0.1, 0.15) is 11.8 Å². The van der Waals surface area contributed by atoms with E-state index in [-0.39, 0.29) is 12.0 Å². The molecule has 0 saturated carbocycles. The fourth-order valence-corrected chi connectivity index (χ4v) is 1.92. The fraction of sp³-hybridized carbons (Fsp3) is 0.375. The van der Waals surface area contributed by atoms with Crippen molar-refractivity contribution in [2.75, 3.05) is 0 Å². The number of aliphatic carboxylic acids is 1. The van der Waals surface area contributed by atoms with Gasteiger partial charge in [-0.3, -0.25) is 10.1 Å². The lowest BCUT2D eigenvalue weighted by atomic mass is 9.94. The quantitative estimate of drug-likeness (QED) is 0.884. The molecule has 0 radical (unpaired) electrons. The second-order valence-electron chi connectivity index (χ2n) is 5.93. The van der Waals surface area contributed by atoms with Crippen molar-refractivity contribution in [1.82, 2.24) is 10.3 Å². The van der Waals surface area contributed by atoms with Gasteiger partial charge in [-0.05, 0) is 5.56 Å². The number of nitrogens with zero attached hydrogens (tertiary/aromatic N) is 1. The van der Waals surface area contributed by atoms with E-state index in [0.29, 0.717) is 11.5 Å². The minimum absolute atomic E-state index is 0.114. The summed E-state index contributed by atoms with van der Waals surface area (Å²) in [4.78, 5) is 15.6. The van der Waals surface area contributed by atoms with Gasteiger partial charge < -0.3 is 9.52 Å². The molecule has 112 valence electrons. The Morgan fingerprint density at radius 3 is 2.52 bits per heavy atom. The second-order valence-corrected chi connectivity index (χ2v) is 5.93. The van der Waals surface area contributed by atoms with Gasteiger partial charge in [0.05, 0.1) is 12.7 Å². The maximum absolute atomic E-state index is 11.4. The Bertz CT molecular complexity index is 599. The van der Waals surface area contributed by atoms with E-state index in [2.05, 4.69) is 10.3 Å². The largest absolute Gasteiger partial charge is 0.480 e. The molecule has 0 spiro atoms. The van der Waals surface area contributed by atoms with Crippen LogP contribution in [0.15, 0.2) is 40.9 Å². The highest BCUT2D eigenvalue weighted by Gasteiger charge is 2.22. The van der Waals surface area contributed by atoms with Crippen molar-refractivity contribution in [2.45, 2.75) is 38.8 Å². The fourth-order valence-electron chi connectivity index (χ4n) is 1.92. The normalized spacial score (nSPS) is 13.1. The summed E-state index contributed by atoms with van der Waals surface area (Å²) < 4.78 is 5.65. The number of hydrogen-bond acceptors (Lipinski definition) is 4. The number of carbonyl (C=O) groups is 1. The van der Waals surface area contributed by atoms with Crippen molar-refractivity contribution in [3.63, 3.8) is 0 Å².